The molecule has 23 heteroatoms. The minimum Gasteiger partial charge on any atom is -0.453 e. The molecule has 8 heterocycles. The van der Waals surface area contributed by atoms with E-state index in [4.69, 9.17) is 19.2 Å². The summed E-state index contributed by atoms with van der Waals surface area (Å²) in [4.78, 5) is 92.4. The molecule has 0 bridgehead atoms. The number of alkyl carbamates (subject to hydrolysis) is 1. The number of benzene rings is 5. The first-order chi connectivity index (χ1) is 46.9. The van der Waals surface area contributed by atoms with Crippen LogP contribution in [-0.4, -0.2) is 123 Å². The van der Waals surface area contributed by atoms with Gasteiger partial charge in [-0.1, -0.05) is 84.9 Å². The van der Waals surface area contributed by atoms with Crippen molar-refractivity contribution in [2.24, 2.45) is 0 Å². The molecule has 98 heavy (non-hydrogen) atoms. The number of nitrogens with zero attached hydrogens (tertiary/aromatic N) is 7. The molecule has 0 aliphatic carbocycles. The first kappa shape index (κ1) is 66.6. The molecule has 0 radical (unpaired) electrons. The first-order valence-electron chi connectivity index (χ1n) is 33.6. The molecule has 4 fully saturated rings. The van der Waals surface area contributed by atoms with Gasteiger partial charge in [0, 0.05) is 31.6 Å². The van der Waals surface area contributed by atoms with E-state index >= 15 is 13.2 Å². The average molecular weight is 1330 g/mol. The van der Waals surface area contributed by atoms with Gasteiger partial charge in [-0.2, -0.15) is 13.2 Å². The molecule has 4 amide bonds. The third-order valence-electron chi connectivity index (χ3n) is 19.1. The van der Waals surface area contributed by atoms with Crippen molar-refractivity contribution < 1.29 is 46.6 Å². The molecule has 510 valence electrons. The van der Waals surface area contributed by atoms with Crippen molar-refractivity contribution in [3.05, 3.63) is 179 Å². The number of amides is 4. The highest BCUT2D eigenvalue weighted by Gasteiger charge is 2.41. The van der Waals surface area contributed by atoms with E-state index in [2.05, 4.69) is 95.8 Å². The lowest BCUT2D eigenvalue weighted by molar-refractivity contribution is -0.137. The van der Waals surface area contributed by atoms with Crippen molar-refractivity contribution in [2.45, 2.75) is 154 Å². The Labute approximate surface area is 566 Å². The Bertz CT molecular complexity index is 4420. The largest absolute Gasteiger partial charge is 0.453 e. The van der Waals surface area contributed by atoms with E-state index in [1.54, 1.807) is 83.4 Å². The number of imidazole rings is 4. The fourth-order valence-electron chi connectivity index (χ4n) is 14.3. The molecular weight excluding hydrogens is 1250 g/mol. The Morgan fingerprint density at radius 1 is 0.551 bits per heavy atom. The molecule has 0 unspecified atom stereocenters. The summed E-state index contributed by atoms with van der Waals surface area (Å²) < 4.78 is 62.0. The standard InChI is InChI=1S/C75H82F3N13O7/c1-43-34-48(58-40-80-65(84-58)56-16-10-30-79-56)24-27-52(43)53-28-25-49(35-44(53)2)59-41-82-66(86-59)61-17-11-31-89(61)69(92)64(88-70(93)96-8)51-15-9-14-45(36-51)38-74(6,7)98-72(95)91-33-13-19-63(91)68-83-42-60(87-68)50-26-29-54(55(37-50)75(76,77)78)46-20-22-47(23-21-46)57-39-81-67(85-57)62-18-12-32-90(62)71(94)97-73(3,4)5/h9,14-15,20-29,34-37,39-42,56,61-64,79H,10-13,16-19,30-33,38H2,1-8H3,(H,80,84)(H,81,85)(H,82,86)(H,83,87)(H,88,93)/t56-,61-,62-,63-,64+/m0/s1. The normalized spacial score (nSPS) is 18.5. The minimum absolute atomic E-state index is 0.00201. The number of ether oxygens (including phenoxy) is 3. The van der Waals surface area contributed by atoms with Crippen LogP contribution in [0.25, 0.3) is 67.3 Å². The molecule has 13 rings (SSSR count). The van der Waals surface area contributed by atoms with Crippen LogP contribution in [0.2, 0.25) is 0 Å². The fourth-order valence-corrected chi connectivity index (χ4v) is 14.3. The average Bonchev–Trinajstić information content (AvgIpc) is 1.18. The van der Waals surface area contributed by atoms with Gasteiger partial charge < -0.3 is 49.7 Å². The number of carbonyl (C=O) groups excluding carboxylic acids is 4. The summed E-state index contributed by atoms with van der Waals surface area (Å²) in [6, 6.07) is 29.0. The second-order valence-corrected chi connectivity index (χ2v) is 27.8. The smallest absolute Gasteiger partial charge is 0.417 e. The Kier molecular flexibility index (Phi) is 18.4. The van der Waals surface area contributed by atoms with E-state index in [9.17, 15) is 19.2 Å². The van der Waals surface area contributed by atoms with E-state index in [1.807, 2.05) is 39.1 Å². The van der Waals surface area contributed by atoms with Gasteiger partial charge in [0.1, 0.15) is 40.5 Å². The van der Waals surface area contributed by atoms with Gasteiger partial charge >= 0.3 is 24.5 Å². The highest BCUT2D eigenvalue weighted by Crippen LogP contribution is 2.43. The van der Waals surface area contributed by atoms with Gasteiger partial charge in [-0.25, -0.2) is 34.3 Å². The molecule has 20 nitrogen and oxygen atoms in total. The van der Waals surface area contributed by atoms with Crippen LogP contribution >= 0.6 is 0 Å². The van der Waals surface area contributed by atoms with Crippen molar-refractivity contribution in [1.82, 2.24) is 65.2 Å². The van der Waals surface area contributed by atoms with Gasteiger partial charge in [0.05, 0.1) is 84.4 Å². The molecule has 0 spiro atoms. The van der Waals surface area contributed by atoms with Crippen LogP contribution in [0.1, 0.15) is 167 Å². The zero-order valence-corrected chi connectivity index (χ0v) is 56.3. The Morgan fingerprint density at radius 3 is 1.53 bits per heavy atom. The number of likely N-dealkylation sites (tertiary alicyclic amines) is 3. The molecule has 6 N–H and O–H groups in total. The summed E-state index contributed by atoms with van der Waals surface area (Å²) in [5, 5.41) is 6.30. The number of hydrogen-bond donors (Lipinski definition) is 6. The predicted molar refractivity (Wildman–Crippen MR) is 365 cm³/mol. The maximum absolute atomic E-state index is 15.0. The Morgan fingerprint density at radius 2 is 1.02 bits per heavy atom. The number of alkyl halides is 3. The number of aromatic nitrogens is 8. The van der Waals surface area contributed by atoms with Crippen LogP contribution in [0, 0.1) is 13.8 Å². The number of aryl methyl sites for hydroxylation is 2. The monoisotopic (exact) mass is 1330 g/mol. The highest BCUT2D eigenvalue weighted by atomic mass is 19.4. The van der Waals surface area contributed by atoms with E-state index in [1.165, 1.54) is 19.4 Å². The summed E-state index contributed by atoms with van der Waals surface area (Å²) in [7, 11) is 1.24. The zero-order chi connectivity index (χ0) is 68.8. The van der Waals surface area contributed by atoms with Crippen molar-refractivity contribution in [2.75, 3.05) is 33.3 Å². The number of carbonyl (C=O) groups is 4. The van der Waals surface area contributed by atoms with E-state index in [-0.39, 0.29) is 35.5 Å². The number of hydrogen-bond acceptors (Lipinski definition) is 12. The summed E-state index contributed by atoms with van der Waals surface area (Å²) in [5.74, 6) is 2.29. The maximum Gasteiger partial charge on any atom is 0.417 e. The number of rotatable bonds is 16. The molecular formula is C75H82F3N13O7. The predicted octanol–water partition coefficient (Wildman–Crippen LogP) is 15.8. The molecule has 4 saturated heterocycles. The zero-order valence-electron chi connectivity index (χ0n) is 56.3. The third kappa shape index (κ3) is 14.2. The van der Waals surface area contributed by atoms with Gasteiger partial charge in [-0.3, -0.25) is 14.6 Å². The minimum atomic E-state index is -4.71. The van der Waals surface area contributed by atoms with Crippen LogP contribution in [0.5, 0.6) is 0 Å². The molecule has 5 aromatic carbocycles. The Balaban J connectivity index is 0.647. The Hall–Kier alpha value is -10.0. The van der Waals surface area contributed by atoms with E-state index in [0.717, 1.165) is 88.0 Å². The molecule has 4 aliphatic heterocycles. The lowest BCUT2D eigenvalue weighted by atomic mass is 9.93. The van der Waals surface area contributed by atoms with Crippen molar-refractivity contribution in [1.29, 1.82) is 0 Å². The highest BCUT2D eigenvalue weighted by molar-refractivity contribution is 5.88. The van der Waals surface area contributed by atoms with Crippen molar-refractivity contribution >= 4 is 24.2 Å². The van der Waals surface area contributed by atoms with E-state index < -0.39 is 59.3 Å². The maximum atomic E-state index is 15.0. The van der Waals surface area contributed by atoms with Gasteiger partial charge in [-0.15, -0.1) is 0 Å². The number of H-pyrrole nitrogens is 4. The second kappa shape index (κ2) is 27.1. The van der Waals surface area contributed by atoms with Crippen molar-refractivity contribution in [3.63, 3.8) is 0 Å². The van der Waals surface area contributed by atoms with Crippen LogP contribution in [0.4, 0.5) is 27.6 Å². The fraction of sp³-hybridized carbons (Fsp3) is 0.387. The second-order valence-electron chi connectivity index (χ2n) is 27.8. The van der Waals surface area contributed by atoms with Crippen LogP contribution in [0.3, 0.4) is 0 Å². The number of nitrogens with one attached hydrogen (secondary N) is 6. The lowest BCUT2D eigenvalue weighted by Crippen LogP contribution is -2.43. The quantitative estimate of drug-likeness (QED) is 0.0495. The van der Waals surface area contributed by atoms with Gasteiger partial charge in [0.2, 0.25) is 0 Å². The lowest BCUT2D eigenvalue weighted by Gasteiger charge is -2.31. The molecule has 4 aliphatic rings. The van der Waals surface area contributed by atoms with Gasteiger partial charge in [0.15, 0.2) is 0 Å². The third-order valence-corrected chi connectivity index (χ3v) is 19.1. The van der Waals surface area contributed by atoms with Crippen molar-refractivity contribution in [3.8, 4) is 67.3 Å². The van der Waals surface area contributed by atoms with Crippen LogP contribution < -0.4 is 10.6 Å². The number of methoxy groups -OCH3 is 1. The molecule has 5 atom stereocenters. The summed E-state index contributed by atoms with van der Waals surface area (Å²) in [6.45, 7) is 15.6. The summed E-state index contributed by atoms with van der Waals surface area (Å²) >= 11 is 0. The van der Waals surface area contributed by atoms with E-state index in [0.29, 0.717) is 97.3 Å². The topological polar surface area (TPSA) is 244 Å². The summed E-state index contributed by atoms with van der Waals surface area (Å²) in [5.41, 5.74) is 9.40. The molecule has 9 aromatic rings. The van der Waals surface area contributed by atoms with Crippen LogP contribution in [0.15, 0.2) is 128 Å². The number of halogens is 3. The van der Waals surface area contributed by atoms with Crippen LogP contribution in [-0.2, 0) is 31.6 Å². The molecule has 4 aromatic heterocycles. The number of aromatic amines is 4. The first-order valence-corrected chi connectivity index (χ1v) is 33.6. The SMILES string of the molecule is COC(=O)N[C@@H](C(=O)N1CCC[C@H]1c1ncc(-c2ccc(-c3ccc(-c4cnc([C@@H]5CCCN5)[nH]4)cc3C)c(C)c2)[nH]1)c1cccc(CC(C)(C)OC(=O)N2CCC[C@H]2c2ncc(-c3ccc(-c4ccc(-c5cnc([C@@H]6CCCN6C(=O)OC(C)(C)C)[nH]5)cc4)c(C(F)(F)F)c3)[nH]2)c1. The van der Waals surface area contributed by atoms with Gasteiger partial charge in [-0.05, 0) is 186 Å². The molecule has 0 saturated carbocycles. The summed E-state index contributed by atoms with van der Waals surface area (Å²) in [6.07, 6.45) is 6.88. The van der Waals surface area contributed by atoms with Gasteiger partial charge in [0.25, 0.3) is 5.91 Å².